The van der Waals surface area contributed by atoms with Gasteiger partial charge in [-0.25, -0.2) is 0 Å². The molecule has 0 aliphatic carbocycles. The maximum Gasteiger partial charge on any atom is 0.0689 e. The minimum Gasteiger partial charge on any atom is -0.326 e. The van der Waals surface area contributed by atoms with E-state index in [0.717, 1.165) is 5.57 Å². The second-order valence-corrected chi connectivity index (χ2v) is 19.8. The molecule has 1 nitrogen and oxygen atoms in total. The topological polar surface area (TPSA) is 26.0 Å². The van der Waals surface area contributed by atoms with Gasteiger partial charge in [-0.3, -0.25) is 0 Å². The minimum atomic E-state index is -1.61. The lowest BCUT2D eigenvalue weighted by atomic mass is 9.98. The fourth-order valence-corrected chi connectivity index (χ4v) is 14.8. The van der Waals surface area contributed by atoms with E-state index < -0.39 is 16.1 Å². The molecular weight excluding hydrogens is 322 g/mol. The molecule has 0 unspecified atom stereocenters. The van der Waals surface area contributed by atoms with E-state index in [-0.39, 0.29) is 4.79 Å². The van der Waals surface area contributed by atoms with Gasteiger partial charge >= 0.3 is 0 Å². The summed E-state index contributed by atoms with van der Waals surface area (Å²) in [5.74, 6) is 0. The summed E-state index contributed by atoms with van der Waals surface area (Å²) in [5.41, 5.74) is 11.9. The van der Waals surface area contributed by atoms with Crippen LogP contribution >= 0.6 is 0 Å². The van der Waals surface area contributed by atoms with Crippen molar-refractivity contribution in [2.75, 3.05) is 0 Å². The van der Waals surface area contributed by atoms with Gasteiger partial charge < -0.3 is 5.73 Å². The first-order valence-electron chi connectivity index (χ1n) is 8.62. The molecule has 0 heterocycles. The molecule has 2 N–H and O–H groups in total. The van der Waals surface area contributed by atoms with Crippen molar-refractivity contribution < 1.29 is 0 Å². The van der Waals surface area contributed by atoms with Crippen LogP contribution in [0.5, 0.6) is 0 Å². The molecule has 0 aromatic heterocycles. The van der Waals surface area contributed by atoms with Crippen molar-refractivity contribution in [1.82, 2.24) is 0 Å². The van der Waals surface area contributed by atoms with E-state index in [1.165, 1.54) is 16.7 Å². The van der Waals surface area contributed by atoms with Gasteiger partial charge in [0.05, 0.1) is 16.1 Å². The van der Waals surface area contributed by atoms with E-state index >= 15 is 0 Å². The average Bonchev–Trinajstić information content (AvgIpc) is 2.52. The second-order valence-electron chi connectivity index (χ2n) is 8.73. The van der Waals surface area contributed by atoms with Crippen LogP contribution in [0, 0.1) is 0 Å². The fraction of sp³-hybridized carbons (Fsp3) is 0.333. The first-order chi connectivity index (χ1) is 11.0. The molecule has 0 radical (unpaired) electrons. The van der Waals surface area contributed by atoms with Crippen molar-refractivity contribution >= 4 is 21.7 Å². The van der Waals surface area contributed by atoms with E-state index in [1.54, 1.807) is 0 Å². The van der Waals surface area contributed by atoms with Crippen LogP contribution in [0.3, 0.4) is 0 Å². The number of hydrogen-bond donors (Lipinski definition) is 1. The van der Waals surface area contributed by atoms with Crippen LogP contribution in [-0.2, 0) is 4.79 Å². The molecule has 3 heteroatoms. The highest BCUT2D eigenvalue weighted by atomic mass is 28.4. The smallest absolute Gasteiger partial charge is 0.0689 e. The molecule has 0 saturated carbocycles. The van der Waals surface area contributed by atoms with Crippen LogP contribution in [0.4, 0.5) is 0 Å². The molecule has 0 bridgehead atoms. The third-order valence-electron chi connectivity index (χ3n) is 5.15. The zero-order chi connectivity index (χ0) is 18.2. The van der Waals surface area contributed by atoms with Gasteiger partial charge in [0.15, 0.2) is 0 Å². The van der Waals surface area contributed by atoms with E-state index in [2.05, 4.69) is 94.4 Å². The molecule has 24 heavy (non-hydrogen) atoms. The lowest BCUT2D eigenvalue weighted by molar-refractivity contribution is 0.812. The molecular formula is C21H31NSi2. The zero-order valence-electron chi connectivity index (χ0n) is 16.0. The van der Waals surface area contributed by atoms with Crippen molar-refractivity contribution in [2.24, 2.45) is 5.73 Å². The lowest BCUT2D eigenvalue weighted by Gasteiger charge is -2.49. The number of hydrogen-bond acceptors (Lipinski definition) is 1. The predicted octanol–water partition coefficient (Wildman–Crippen LogP) is 5.66. The van der Waals surface area contributed by atoms with Crippen molar-refractivity contribution in [3.05, 3.63) is 77.9 Å². The van der Waals surface area contributed by atoms with Crippen LogP contribution in [0.25, 0.3) is 5.57 Å². The van der Waals surface area contributed by atoms with Crippen LogP contribution in [0.15, 0.2) is 61.2 Å². The Morgan fingerprint density at radius 1 is 0.792 bits per heavy atom. The van der Waals surface area contributed by atoms with Gasteiger partial charge in [-0.15, -0.1) is 0 Å². The largest absolute Gasteiger partial charge is 0.326 e. The SMILES string of the molecule is C=C(c1ccccc1)c1cccc(C(N)([Si](C)(C)C)[Si](C)(C)C)c1. The maximum absolute atomic E-state index is 7.17. The summed E-state index contributed by atoms with van der Waals surface area (Å²) in [5, 5.41) is 0. The van der Waals surface area contributed by atoms with Gasteiger partial charge in [-0.1, -0.05) is 94.4 Å². The quantitative estimate of drug-likeness (QED) is 0.690. The number of benzene rings is 2. The van der Waals surface area contributed by atoms with Crippen molar-refractivity contribution in [1.29, 1.82) is 0 Å². The van der Waals surface area contributed by atoms with E-state index in [1.807, 2.05) is 6.07 Å². The van der Waals surface area contributed by atoms with Crippen molar-refractivity contribution in [3.8, 4) is 0 Å². The van der Waals surface area contributed by atoms with Crippen LogP contribution < -0.4 is 5.73 Å². The molecule has 2 rings (SSSR count). The molecule has 128 valence electrons. The lowest BCUT2D eigenvalue weighted by Crippen LogP contribution is -2.69. The molecule has 2 aromatic carbocycles. The molecule has 0 saturated heterocycles. The third kappa shape index (κ3) is 3.34. The highest BCUT2D eigenvalue weighted by Gasteiger charge is 2.50. The third-order valence-corrected chi connectivity index (χ3v) is 15.0. The maximum atomic E-state index is 7.17. The summed E-state index contributed by atoms with van der Waals surface area (Å²) in [6.07, 6.45) is 0. The Kier molecular flexibility index (Phi) is 5.10. The summed E-state index contributed by atoms with van der Waals surface area (Å²) < 4.78 is 0. The number of rotatable bonds is 5. The Labute approximate surface area is 149 Å². The van der Waals surface area contributed by atoms with E-state index in [0.29, 0.717) is 0 Å². The van der Waals surface area contributed by atoms with Gasteiger partial charge in [0.25, 0.3) is 0 Å². The van der Waals surface area contributed by atoms with Crippen LogP contribution in [0.2, 0.25) is 39.3 Å². The molecule has 0 atom stereocenters. The Morgan fingerprint density at radius 2 is 1.29 bits per heavy atom. The summed E-state index contributed by atoms with van der Waals surface area (Å²) in [6.45, 7) is 18.7. The molecule has 0 amide bonds. The monoisotopic (exact) mass is 353 g/mol. The molecule has 0 aliphatic rings. The van der Waals surface area contributed by atoms with Gasteiger partial charge in [-0.2, -0.15) is 0 Å². The minimum absolute atomic E-state index is 0.174. The van der Waals surface area contributed by atoms with E-state index in [4.69, 9.17) is 5.73 Å². The molecule has 0 spiro atoms. The van der Waals surface area contributed by atoms with Crippen molar-refractivity contribution in [3.63, 3.8) is 0 Å². The summed E-state index contributed by atoms with van der Waals surface area (Å²) in [4.78, 5) is -0.174. The second kappa shape index (κ2) is 6.47. The Balaban J connectivity index is 2.56. The first kappa shape index (κ1) is 18.9. The standard InChI is InChI=1S/C21H31NSi2/c1-17(18-12-9-8-10-13-18)19-14-11-15-20(16-19)21(22,23(2,3)4)24(5,6)7/h8-16H,1,22H2,2-7H3. The average molecular weight is 354 g/mol. The number of nitrogens with two attached hydrogens (primary N) is 1. The molecule has 0 aliphatic heterocycles. The fourth-order valence-electron chi connectivity index (χ4n) is 3.75. The Bertz CT molecular complexity index is 707. The summed E-state index contributed by atoms with van der Waals surface area (Å²) >= 11 is 0. The Morgan fingerprint density at radius 3 is 1.79 bits per heavy atom. The van der Waals surface area contributed by atoms with Gasteiger partial charge in [0, 0.05) is 4.79 Å². The van der Waals surface area contributed by atoms with Gasteiger partial charge in [0.2, 0.25) is 0 Å². The highest BCUT2D eigenvalue weighted by Crippen LogP contribution is 2.39. The van der Waals surface area contributed by atoms with E-state index in [9.17, 15) is 0 Å². The molecule has 0 fully saturated rings. The molecule has 2 aromatic rings. The van der Waals surface area contributed by atoms with Crippen LogP contribution in [-0.4, -0.2) is 16.1 Å². The zero-order valence-corrected chi connectivity index (χ0v) is 18.0. The predicted molar refractivity (Wildman–Crippen MR) is 114 cm³/mol. The Hall–Kier alpha value is -1.43. The van der Waals surface area contributed by atoms with Crippen LogP contribution in [0.1, 0.15) is 16.7 Å². The van der Waals surface area contributed by atoms with Gasteiger partial charge in [-0.05, 0) is 28.3 Å². The normalized spacial score (nSPS) is 13.0. The first-order valence-corrected chi connectivity index (χ1v) is 15.6. The highest BCUT2D eigenvalue weighted by molar-refractivity contribution is 6.98. The summed E-state index contributed by atoms with van der Waals surface area (Å²) in [6, 6.07) is 19.2. The van der Waals surface area contributed by atoms with Gasteiger partial charge in [0.1, 0.15) is 0 Å². The summed E-state index contributed by atoms with van der Waals surface area (Å²) in [7, 11) is -3.23. The van der Waals surface area contributed by atoms with Crippen molar-refractivity contribution in [2.45, 2.75) is 44.1 Å².